The van der Waals surface area contributed by atoms with Crippen LogP contribution in [0.5, 0.6) is 5.75 Å². The van der Waals surface area contributed by atoms with Gasteiger partial charge in [0.2, 0.25) is 5.91 Å². The molecule has 2 aromatic heterocycles. The molecule has 4 rings (SSSR count). The summed E-state index contributed by atoms with van der Waals surface area (Å²) in [4.78, 5) is 25.2. The van der Waals surface area contributed by atoms with Gasteiger partial charge in [0.25, 0.3) is 0 Å². The maximum Gasteiger partial charge on any atom is 0.233 e. The number of halogens is 1. The van der Waals surface area contributed by atoms with Gasteiger partial charge in [0, 0.05) is 29.6 Å². The Morgan fingerprint density at radius 3 is 2.59 bits per heavy atom. The number of carbonyl (C=O) groups is 1. The van der Waals surface area contributed by atoms with Gasteiger partial charge in [-0.1, -0.05) is 17.7 Å². The summed E-state index contributed by atoms with van der Waals surface area (Å²) < 4.78 is 5.37. The number of H-pyrrole nitrogens is 1. The molecule has 1 amide bonds. The molecule has 1 aliphatic rings. The van der Waals surface area contributed by atoms with Crippen molar-refractivity contribution in [2.75, 3.05) is 7.11 Å². The lowest BCUT2D eigenvalue weighted by molar-refractivity contribution is -0.126. The Morgan fingerprint density at radius 1 is 1.21 bits per heavy atom. The monoisotopic (exact) mass is 410 g/mol. The first-order valence-electron chi connectivity index (χ1n) is 9.56. The Balaban J connectivity index is 1.82. The Kier molecular flexibility index (Phi) is 5.04. The number of rotatable bonds is 6. The standard InChI is InChI=1S/C22H23ClN4O2/c1-22(2,21(28)25-15-5-6-15)20-26-18(13-8-10-24-11-9-13)19(27-20)14-4-7-16(23)17(12-14)29-3/h4,7-12,15H,5-6H2,1-3H3,(H,25,28)(H,26,27). The van der Waals surface area contributed by atoms with Crippen molar-refractivity contribution in [1.82, 2.24) is 20.3 Å². The van der Waals surface area contributed by atoms with Crippen LogP contribution in [0, 0.1) is 0 Å². The van der Waals surface area contributed by atoms with Crippen molar-refractivity contribution < 1.29 is 9.53 Å². The predicted molar refractivity (Wildman–Crippen MR) is 113 cm³/mol. The van der Waals surface area contributed by atoms with E-state index in [1.807, 2.05) is 38.1 Å². The number of pyridine rings is 1. The molecule has 2 N–H and O–H groups in total. The van der Waals surface area contributed by atoms with Crippen LogP contribution in [0.3, 0.4) is 0 Å². The zero-order chi connectivity index (χ0) is 20.6. The molecule has 0 unspecified atom stereocenters. The highest BCUT2D eigenvalue weighted by Crippen LogP contribution is 2.37. The molecule has 0 atom stereocenters. The number of ether oxygens (including phenoxy) is 1. The number of nitrogens with one attached hydrogen (secondary N) is 2. The van der Waals surface area contributed by atoms with Crippen molar-refractivity contribution in [3.8, 4) is 28.3 Å². The fraction of sp³-hybridized carbons (Fsp3) is 0.318. The Labute approximate surface area is 174 Å². The van der Waals surface area contributed by atoms with Crippen molar-refractivity contribution in [2.24, 2.45) is 0 Å². The number of imidazole rings is 1. The van der Waals surface area contributed by atoms with Gasteiger partial charge in [-0.3, -0.25) is 9.78 Å². The van der Waals surface area contributed by atoms with E-state index in [0.29, 0.717) is 16.6 Å². The first-order chi connectivity index (χ1) is 13.9. The molecular weight excluding hydrogens is 388 g/mol. The van der Waals surface area contributed by atoms with E-state index < -0.39 is 5.41 Å². The van der Waals surface area contributed by atoms with Gasteiger partial charge in [0.05, 0.1) is 23.5 Å². The van der Waals surface area contributed by atoms with Crippen molar-refractivity contribution >= 4 is 17.5 Å². The normalized spacial score (nSPS) is 13.9. The van der Waals surface area contributed by atoms with Crippen molar-refractivity contribution in [1.29, 1.82) is 0 Å². The molecule has 1 saturated carbocycles. The molecule has 2 heterocycles. The van der Waals surface area contributed by atoms with Crippen LogP contribution in [0.25, 0.3) is 22.5 Å². The number of aromatic nitrogens is 3. The smallest absolute Gasteiger partial charge is 0.233 e. The summed E-state index contributed by atoms with van der Waals surface area (Å²) in [7, 11) is 1.58. The zero-order valence-corrected chi connectivity index (χ0v) is 17.4. The van der Waals surface area contributed by atoms with Crippen molar-refractivity contribution in [3.63, 3.8) is 0 Å². The molecule has 150 valence electrons. The number of hydrogen-bond acceptors (Lipinski definition) is 4. The molecule has 0 saturated heterocycles. The summed E-state index contributed by atoms with van der Waals surface area (Å²) in [5.74, 6) is 1.14. The number of hydrogen-bond donors (Lipinski definition) is 2. The molecule has 0 radical (unpaired) electrons. The van der Waals surface area contributed by atoms with E-state index in [4.69, 9.17) is 21.3 Å². The Hall–Kier alpha value is -2.86. The van der Waals surface area contributed by atoms with E-state index in [2.05, 4.69) is 15.3 Å². The summed E-state index contributed by atoms with van der Waals surface area (Å²) in [5, 5.41) is 3.61. The average Bonchev–Trinajstić information content (AvgIpc) is 3.42. The average molecular weight is 411 g/mol. The quantitative estimate of drug-likeness (QED) is 0.632. The topological polar surface area (TPSA) is 79.9 Å². The van der Waals surface area contributed by atoms with Crippen LogP contribution < -0.4 is 10.1 Å². The number of aromatic amines is 1. The van der Waals surface area contributed by atoms with Crippen LogP contribution in [0.15, 0.2) is 42.7 Å². The van der Waals surface area contributed by atoms with Crippen LogP contribution in [0.2, 0.25) is 5.02 Å². The zero-order valence-electron chi connectivity index (χ0n) is 16.6. The third kappa shape index (κ3) is 3.85. The number of nitrogens with zero attached hydrogens (tertiary/aromatic N) is 2. The van der Waals surface area contributed by atoms with Crippen LogP contribution in [0.1, 0.15) is 32.5 Å². The molecule has 3 aromatic rings. The van der Waals surface area contributed by atoms with Gasteiger partial charge < -0.3 is 15.0 Å². The van der Waals surface area contributed by atoms with Gasteiger partial charge in [-0.2, -0.15) is 0 Å². The Morgan fingerprint density at radius 2 is 1.93 bits per heavy atom. The summed E-state index contributed by atoms with van der Waals surface area (Å²) >= 11 is 6.20. The SMILES string of the molecule is COc1cc(-c2nc(C(C)(C)C(=O)NC3CC3)[nH]c2-c2ccncc2)ccc1Cl. The van der Waals surface area contributed by atoms with Gasteiger partial charge in [-0.15, -0.1) is 0 Å². The summed E-state index contributed by atoms with van der Waals surface area (Å²) in [6.45, 7) is 3.76. The van der Waals surface area contributed by atoms with E-state index >= 15 is 0 Å². The molecule has 6 nitrogen and oxygen atoms in total. The fourth-order valence-corrected chi connectivity index (χ4v) is 3.31. The minimum absolute atomic E-state index is 0.0322. The lowest BCUT2D eigenvalue weighted by Gasteiger charge is -2.21. The predicted octanol–water partition coefficient (Wildman–Crippen LogP) is 4.36. The molecular formula is C22H23ClN4O2. The van der Waals surface area contributed by atoms with Crippen LogP contribution in [-0.2, 0) is 10.2 Å². The third-order valence-corrected chi connectivity index (χ3v) is 5.48. The number of carbonyl (C=O) groups excluding carboxylic acids is 1. The number of benzene rings is 1. The second-order valence-corrected chi connectivity index (χ2v) is 8.17. The molecule has 7 heteroatoms. The van der Waals surface area contributed by atoms with E-state index in [-0.39, 0.29) is 11.9 Å². The van der Waals surface area contributed by atoms with E-state index in [1.54, 1.807) is 25.6 Å². The first-order valence-corrected chi connectivity index (χ1v) is 9.93. The van der Waals surface area contributed by atoms with Gasteiger partial charge >= 0.3 is 0 Å². The molecule has 1 aliphatic carbocycles. The first kappa shape index (κ1) is 19.5. The minimum atomic E-state index is -0.806. The fourth-order valence-electron chi connectivity index (χ4n) is 3.11. The summed E-state index contributed by atoms with van der Waals surface area (Å²) in [5.41, 5.74) is 2.52. The van der Waals surface area contributed by atoms with Gasteiger partial charge in [0.1, 0.15) is 17.0 Å². The lowest BCUT2D eigenvalue weighted by Crippen LogP contribution is -2.41. The summed E-state index contributed by atoms with van der Waals surface area (Å²) in [6.07, 6.45) is 5.54. The molecule has 29 heavy (non-hydrogen) atoms. The molecule has 0 aliphatic heterocycles. The lowest BCUT2D eigenvalue weighted by atomic mass is 9.91. The van der Waals surface area contributed by atoms with Crippen LogP contribution in [-0.4, -0.2) is 34.0 Å². The second-order valence-electron chi connectivity index (χ2n) is 7.77. The maximum absolute atomic E-state index is 12.8. The van der Waals surface area contributed by atoms with E-state index in [1.165, 1.54) is 0 Å². The summed E-state index contributed by atoms with van der Waals surface area (Å²) in [6, 6.07) is 9.63. The number of methoxy groups -OCH3 is 1. The van der Waals surface area contributed by atoms with Gasteiger partial charge in [-0.05, 0) is 51.0 Å². The molecule has 1 aromatic carbocycles. The van der Waals surface area contributed by atoms with Crippen molar-refractivity contribution in [3.05, 3.63) is 53.6 Å². The van der Waals surface area contributed by atoms with Gasteiger partial charge in [-0.25, -0.2) is 4.98 Å². The minimum Gasteiger partial charge on any atom is -0.495 e. The van der Waals surface area contributed by atoms with Crippen LogP contribution >= 0.6 is 11.6 Å². The maximum atomic E-state index is 12.8. The highest BCUT2D eigenvalue weighted by molar-refractivity contribution is 6.32. The van der Waals surface area contributed by atoms with Crippen molar-refractivity contribution in [2.45, 2.75) is 38.1 Å². The van der Waals surface area contributed by atoms with Gasteiger partial charge in [0.15, 0.2) is 0 Å². The van der Waals surface area contributed by atoms with E-state index in [9.17, 15) is 4.79 Å². The second kappa shape index (κ2) is 7.52. The third-order valence-electron chi connectivity index (χ3n) is 5.17. The largest absolute Gasteiger partial charge is 0.495 e. The Bertz CT molecular complexity index is 1040. The molecule has 0 spiro atoms. The molecule has 0 bridgehead atoms. The van der Waals surface area contributed by atoms with E-state index in [0.717, 1.165) is 35.4 Å². The number of amides is 1. The molecule has 1 fully saturated rings. The highest BCUT2D eigenvalue weighted by atomic mass is 35.5. The van der Waals surface area contributed by atoms with Crippen LogP contribution in [0.4, 0.5) is 0 Å². The highest BCUT2D eigenvalue weighted by Gasteiger charge is 2.37.